The van der Waals surface area contributed by atoms with Gasteiger partial charge in [0, 0.05) is 34.1 Å². The van der Waals surface area contributed by atoms with Crippen molar-refractivity contribution < 1.29 is 163 Å². The number of aliphatic carboxylic acids is 1. The highest BCUT2D eigenvalue weighted by atomic mass is 16.8. The molecule has 37 heteroatoms. The Balaban J connectivity index is 1.37. The fourth-order valence-corrected chi connectivity index (χ4v) is 10.7. The maximum atomic E-state index is 13.3. The number of amides is 4. The van der Waals surface area contributed by atoms with Crippen molar-refractivity contribution in [1.29, 1.82) is 0 Å². The summed E-state index contributed by atoms with van der Waals surface area (Å²) in [6.45, 7) is -0.229. The maximum Gasteiger partial charge on any atom is 0.364 e. The second-order valence-corrected chi connectivity index (χ2v) is 21.1. The average molecular weight is 1230 g/mol. The highest BCUT2D eigenvalue weighted by molar-refractivity contribution is 5.77. The number of ether oxygens (including phenoxy) is 11. The summed E-state index contributed by atoms with van der Waals surface area (Å²) in [7, 11) is 0. The highest BCUT2D eigenvalue weighted by Crippen LogP contribution is 2.39. The van der Waals surface area contributed by atoms with E-state index in [0.717, 1.165) is 27.7 Å². The van der Waals surface area contributed by atoms with Crippen molar-refractivity contribution in [2.24, 2.45) is 0 Å². The zero-order chi connectivity index (χ0) is 62.6. The summed E-state index contributed by atoms with van der Waals surface area (Å²) in [5.74, 6) is -8.48. The van der Waals surface area contributed by atoms with Crippen LogP contribution in [0.3, 0.4) is 0 Å². The van der Waals surface area contributed by atoms with Gasteiger partial charge in [0.05, 0.1) is 51.3 Å². The summed E-state index contributed by atoms with van der Waals surface area (Å²) in [6.07, 6.45) is -52.6. The van der Waals surface area contributed by atoms with E-state index in [-0.39, 0.29) is 0 Å². The lowest BCUT2D eigenvalue weighted by atomic mass is 9.88. The zero-order valence-electron chi connectivity index (χ0n) is 45.7. The van der Waals surface area contributed by atoms with Crippen LogP contribution < -0.4 is 21.3 Å². The summed E-state index contributed by atoms with van der Waals surface area (Å²) in [4.78, 5) is 63.3. The van der Waals surface area contributed by atoms with Crippen molar-refractivity contribution in [2.45, 2.75) is 231 Å². The molecule has 0 aromatic carbocycles. The Morgan fingerprint density at radius 1 is 0.500 bits per heavy atom. The van der Waals surface area contributed by atoms with Gasteiger partial charge in [0.1, 0.15) is 134 Å². The molecule has 0 aromatic heterocycles. The van der Waals surface area contributed by atoms with Crippen LogP contribution >= 0.6 is 0 Å². The molecule has 0 aromatic rings. The lowest BCUT2D eigenvalue weighted by Crippen LogP contribution is -2.72. The summed E-state index contributed by atoms with van der Waals surface area (Å²) >= 11 is 0. The van der Waals surface area contributed by atoms with E-state index >= 15 is 0 Å². The van der Waals surface area contributed by atoms with E-state index in [1.165, 1.54) is 6.92 Å². The second-order valence-electron chi connectivity index (χ2n) is 21.1. The van der Waals surface area contributed by atoms with E-state index in [1.807, 2.05) is 0 Å². The molecular weight excluding hydrogens is 1150 g/mol. The van der Waals surface area contributed by atoms with E-state index < -0.39 is 259 Å². The Labute approximate surface area is 476 Å². The Bertz CT molecular complexity index is 2200. The van der Waals surface area contributed by atoms with Gasteiger partial charge in [0.2, 0.25) is 23.6 Å². The Morgan fingerprint density at radius 3 is 1.55 bits per heavy atom. The van der Waals surface area contributed by atoms with Crippen molar-refractivity contribution in [3.8, 4) is 0 Å². The van der Waals surface area contributed by atoms with Crippen molar-refractivity contribution in [2.75, 3.05) is 33.0 Å². The SMILES string of the molecule is CC(=O)N[C@H]1[C@H](O[C@H]2[C@@H](O)[C@@H](CO)O[C@@H](O[C@H]3[C@H](O[C@@H]4O[C@@H](C)[C@@H](O)[C@@H](O)[C@@H]4O)[C@@H](NC(C)=O)[C@H](O[C@H]4[C@@H](O)[C@@H](CO[C@]5(C(=O)O)C[C@H](O)[C@@H](NC(C)=O)[C@H]([C@H](O)[C@H](O)CO)O5)OC(O)[C@@H]4NC(C)=O)O[C@@H]3CO)[C@@H]2O)O[C@H](CO)[C@@H](O)[C@@H]1O. The number of carbonyl (C=O) groups excluding carboxylic acids is 4. The van der Waals surface area contributed by atoms with Gasteiger partial charge in [-0.15, -0.1) is 0 Å². The van der Waals surface area contributed by atoms with E-state index in [4.69, 9.17) is 52.1 Å². The van der Waals surface area contributed by atoms with Crippen LogP contribution in [0.5, 0.6) is 0 Å². The van der Waals surface area contributed by atoms with Crippen LogP contribution in [0.25, 0.3) is 0 Å². The minimum atomic E-state index is -3.04. The van der Waals surface area contributed by atoms with E-state index in [1.54, 1.807) is 0 Å². The van der Waals surface area contributed by atoms with E-state index in [2.05, 4.69) is 21.3 Å². The van der Waals surface area contributed by atoms with Gasteiger partial charge < -0.3 is 160 Å². The predicted molar refractivity (Wildman–Crippen MR) is 261 cm³/mol. The molecule has 6 aliphatic rings. The molecule has 0 spiro atoms. The fourth-order valence-electron chi connectivity index (χ4n) is 10.7. The van der Waals surface area contributed by atoms with Crippen LogP contribution in [0, 0.1) is 0 Å². The third-order valence-corrected chi connectivity index (χ3v) is 15.0. The molecule has 37 nitrogen and oxygen atoms in total. The van der Waals surface area contributed by atoms with E-state index in [9.17, 15) is 111 Å². The first-order chi connectivity index (χ1) is 39.4. The van der Waals surface area contributed by atoms with Crippen LogP contribution in [-0.2, 0) is 76.1 Å². The lowest BCUT2D eigenvalue weighted by Gasteiger charge is -2.52. The minimum absolute atomic E-state index is 0.789. The number of aliphatic hydroxyl groups excluding tert-OH is 16. The van der Waals surface area contributed by atoms with Crippen LogP contribution in [-0.4, -0.2) is 339 Å². The molecule has 0 saturated carbocycles. The second kappa shape index (κ2) is 29.5. The van der Waals surface area contributed by atoms with E-state index in [0.29, 0.717) is 0 Å². The molecule has 6 fully saturated rings. The smallest absolute Gasteiger partial charge is 0.364 e. The molecule has 0 bridgehead atoms. The van der Waals surface area contributed by atoms with Crippen LogP contribution in [0.1, 0.15) is 41.0 Å². The number of nitrogens with one attached hydrogen (secondary N) is 4. The van der Waals surface area contributed by atoms with Gasteiger partial charge in [0.15, 0.2) is 31.5 Å². The number of carboxylic acids is 1. The topological polar surface area (TPSA) is 579 Å². The number of carbonyl (C=O) groups is 5. The van der Waals surface area contributed by atoms with Crippen LogP contribution in [0.4, 0.5) is 0 Å². The Hall–Kier alpha value is -3.73. The van der Waals surface area contributed by atoms with Crippen LogP contribution in [0.15, 0.2) is 0 Å². The summed E-state index contributed by atoms with van der Waals surface area (Å²) < 4.78 is 64.9. The molecule has 6 heterocycles. The van der Waals surface area contributed by atoms with Crippen molar-refractivity contribution in [1.82, 2.24) is 21.3 Å². The third-order valence-electron chi connectivity index (χ3n) is 15.0. The number of hydrogen-bond donors (Lipinski definition) is 21. The standard InChI is InChI=1S/C47H78N4O33/c1-12-27(62)33(68)34(69)44(75-12)82-39-26(51-16(5)59)43(79-21(10-55)36(39)80-45-35(70)40(30(65)20(9-54)78-45)83-42-24(49-14(3)57)32(67)29(64)19(8-53)77-42)81-37-25(50-15(4)58)41(71)76-22(31(37)66)11-74-47(46(72)73)6-17(60)23(48-13(2)56)38(84-47)28(63)18(61)7-52/h12,17-45,52-55,60-71H,6-11H2,1-5H3,(H,48,56)(H,49,57)(H,50,58)(H,51,59)(H,72,73)/t12-,17-,18+,19+,20+,21+,22+,23+,24+,25+,26+,27+,28+,29+,30-,31-,32+,33+,34-,35+,36+,37+,38+,39+,40-,41?,42-,43-,44-,45-,47+/m0/s1. The molecule has 484 valence electrons. The quantitative estimate of drug-likeness (QED) is 0.0479. The third kappa shape index (κ3) is 15.4. The number of carboxylic acid groups (broad SMARTS) is 1. The summed E-state index contributed by atoms with van der Waals surface area (Å²) in [6, 6.07) is -7.09. The summed E-state index contributed by atoms with van der Waals surface area (Å²) in [5, 5.41) is 194. The molecule has 21 N–H and O–H groups in total. The molecule has 6 aliphatic heterocycles. The van der Waals surface area contributed by atoms with Gasteiger partial charge in [-0.3, -0.25) is 19.2 Å². The predicted octanol–water partition coefficient (Wildman–Crippen LogP) is -13.3. The number of hydrogen-bond acceptors (Lipinski definition) is 32. The van der Waals surface area contributed by atoms with Crippen molar-refractivity contribution in [3.05, 3.63) is 0 Å². The van der Waals surface area contributed by atoms with Gasteiger partial charge in [0.25, 0.3) is 5.79 Å². The summed E-state index contributed by atoms with van der Waals surface area (Å²) in [5.41, 5.74) is 0. The van der Waals surface area contributed by atoms with Gasteiger partial charge in [-0.1, -0.05) is 0 Å². The molecule has 0 radical (unpaired) electrons. The van der Waals surface area contributed by atoms with Crippen LogP contribution in [0.2, 0.25) is 0 Å². The van der Waals surface area contributed by atoms with Gasteiger partial charge >= 0.3 is 5.97 Å². The minimum Gasteiger partial charge on any atom is -0.477 e. The molecule has 6 saturated heterocycles. The van der Waals surface area contributed by atoms with Gasteiger partial charge in [-0.25, -0.2) is 4.79 Å². The molecular formula is C47H78N4O33. The fraction of sp³-hybridized carbons (Fsp3) is 0.894. The first kappa shape index (κ1) is 69.4. The van der Waals surface area contributed by atoms with Gasteiger partial charge in [-0.2, -0.15) is 0 Å². The average Bonchev–Trinajstić information content (AvgIpc) is 2.02. The Morgan fingerprint density at radius 2 is 0.976 bits per heavy atom. The zero-order valence-corrected chi connectivity index (χ0v) is 45.7. The molecule has 84 heavy (non-hydrogen) atoms. The molecule has 4 amide bonds. The maximum absolute atomic E-state index is 13.3. The molecule has 6 rings (SSSR count). The monoisotopic (exact) mass is 1230 g/mol. The first-order valence-electron chi connectivity index (χ1n) is 26.6. The molecule has 31 atom stereocenters. The molecule has 1 unspecified atom stereocenters. The molecule has 0 aliphatic carbocycles. The number of aliphatic hydroxyl groups is 16. The lowest BCUT2D eigenvalue weighted by molar-refractivity contribution is -0.389. The number of rotatable bonds is 22. The van der Waals surface area contributed by atoms with Crippen molar-refractivity contribution in [3.63, 3.8) is 0 Å². The first-order valence-corrected chi connectivity index (χ1v) is 26.6. The van der Waals surface area contributed by atoms with Gasteiger partial charge in [-0.05, 0) is 6.92 Å². The largest absolute Gasteiger partial charge is 0.477 e. The normalized spacial score (nSPS) is 45.3. The van der Waals surface area contributed by atoms with Crippen molar-refractivity contribution >= 4 is 29.6 Å². The Kier molecular flexibility index (Phi) is 24.4. The highest BCUT2D eigenvalue weighted by Gasteiger charge is 2.60.